The molecule has 0 heterocycles. The van der Waals surface area contributed by atoms with Crippen LogP contribution in [0.4, 0.5) is 14.5 Å². The molecule has 0 radical (unpaired) electrons. The lowest BCUT2D eigenvalue weighted by molar-refractivity contribution is 0.0892. The molecular formula is C13H18F2N2O. The van der Waals surface area contributed by atoms with Gasteiger partial charge in [-0.3, -0.25) is 4.79 Å². The van der Waals surface area contributed by atoms with Gasteiger partial charge in [-0.25, -0.2) is 8.78 Å². The van der Waals surface area contributed by atoms with Crippen LogP contribution in [-0.4, -0.2) is 25.4 Å². The van der Waals surface area contributed by atoms with Gasteiger partial charge in [-0.05, 0) is 25.5 Å². The predicted molar refractivity (Wildman–Crippen MR) is 68.3 cm³/mol. The zero-order valence-corrected chi connectivity index (χ0v) is 10.6. The zero-order chi connectivity index (χ0) is 13.5. The van der Waals surface area contributed by atoms with E-state index in [1.54, 1.807) is 12.1 Å². The van der Waals surface area contributed by atoms with E-state index in [0.717, 1.165) is 18.5 Å². The number of amides is 1. The van der Waals surface area contributed by atoms with Gasteiger partial charge in [0, 0.05) is 12.2 Å². The predicted octanol–water partition coefficient (Wildman–Crippen LogP) is 2.81. The number of hydrogen-bond donors (Lipinski definition) is 2. The molecule has 1 aromatic rings. The van der Waals surface area contributed by atoms with Gasteiger partial charge in [-0.15, -0.1) is 0 Å². The summed E-state index contributed by atoms with van der Waals surface area (Å²) in [6.45, 7) is 3.98. The second kappa shape index (κ2) is 6.93. The molecule has 18 heavy (non-hydrogen) atoms. The fourth-order valence-electron chi connectivity index (χ4n) is 1.52. The standard InChI is InChI=1S/C13H18F2N2O/c1-3-6-16-11-5-4-9(2)7-10(11)13(18)17-8-12(14)15/h4-5,7,12,16H,3,6,8H2,1-2H3,(H,17,18). The summed E-state index contributed by atoms with van der Waals surface area (Å²) < 4.78 is 24.1. The van der Waals surface area contributed by atoms with Crippen molar-refractivity contribution in [1.82, 2.24) is 5.32 Å². The summed E-state index contributed by atoms with van der Waals surface area (Å²) in [4.78, 5) is 11.8. The lowest BCUT2D eigenvalue weighted by Gasteiger charge is -2.12. The first-order valence-corrected chi connectivity index (χ1v) is 5.95. The second-order valence-corrected chi connectivity index (χ2v) is 4.08. The number of nitrogens with one attached hydrogen (secondary N) is 2. The van der Waals surface area contributed by atoms with Gasteiger partial charge in [0.15, 0.2) is 0 Å². The number of anilines is 1. The number of alkyl halides is 2. The molecule has 1 amide bonds. The Morgan fingerprint density at radius 3 is 2.72 bits per heavy atom. The number of halogens is 2. The topological polar surface area (TPSA) is 41.1 Å². The average molecular weight is 256 g/mol. The number of hydrogen-bond acceptors (Lipinski definition) is 2. The fraction of sp³-hybridized carbons (Fsp3) is 0.462. The largest absolute Gasteiger partial charge is 0.384 e. The van der Waals surface area contributed by atoms with Crippen molar-refractivity contribution in [3.05, 3.63) is 29.3 Å². The van der Waals surface area contributed by atoms with Crippen molar-refractivity contribution in [2.75, 3.05) is 18.4 Å². The molecule has 1 aromatic carbocycles. The van der Waals surface area contributed by atoms with Gasteiger partial charge in [0.1, 0.15) is 0 Å². The Hall–Kier alpha value is -1.65. The van der Waals surface area contributed by atoms with Gasteiger partial charge in [0.2, 0.25) is 0 Å². The quantitative estimate of drug-likeness (QED) is 0.821. The molecule has 5 heteroatoms. The van der Waals surface area contributed by atoms with E-state index in [-0.39, 0.29) is 0 Å². The van der Waals surface area contributed by atoms with Gasteiger partial charge in [0.25, 0.3) is 12.3 Å². The van der Waals surface area contributed by atoms with Crippen LogP contribution in [0.25, 0.3) is 0 Å². The van der Waals surface area contributed by atoms with E-state index < -0.39 is 18.9 Å². The third kappa shape index (κ3) is 4.31. The Balaban J connectivity index is 2.83. The first-order chi connectivity index (χ1) is 8.54. The summed E-state index contributed by atoms with van der Waals surface area (Å²) in [5, 5.41) is 5.32. The van der Waals surface area contributed by atoms with E-state index in [9.17, 15) is 13.6 Å². The van der Waals surface area contributed by atoms with E-state index in [2.05, 4.69) is 10.6 Å². The minimum atomic E-state index is -2.54. The molecule has 0 aliphatic rings. The lowest BCUT2D eigenvalue weighted by atomic mass is 10.1. The SMILES string of the molecule is CCCNc1ccc(C)cc1C(=O)NCC(F)F. The molecule has 0 bridgehead atoms. The van der Waals surface area contributed by atoms with Crippen molar-refractivity contribution in [3.63, 3.8) is 0 Å². The van der Waals surface area contributed by atoms with Crippen molar-refractivity contribution in [3.8, 4) is 0 Å². The molecule has 0 aliphatic carbocycles. The Labute approximate surface area is 106 Å². The maximum Gasteiger partial charge on any atom is 0.255 e. The maximum absolute atomic E-state index is 12.1. The van der Waals surface area contributed by atoms with Crippen LogP contribution >= 0.6 is 0 Å². The van der Waals surface area contributed by atoms with Crippen molar-refractivity contribution in [2.24, 2.45) is 0 Å². The van der Waals surface area contributed by atoms with Crippen LogP contribution in [0, 0.1) is 6.92 Å². The van der Waals surface area contributed by atoms with Crippen molar-refractivity contribution >= 4 is 11.6 Å². The zero-order valence-electron chi connectivity index (χ0n) is 10.6. The molecule has 1 rings (SSSR count). The molecule has 100 valence electrons. The van der Waals surface area contributed by atoms with E-state index in [1.165, 1.54) is 0 Å². The first-order valence-electron chi connectivity index (χ1n) is 5.95. The number of rotatable bonds is 6. The highest BCUT2D eigenvalue weighted by atomic mass is 19.3. The van der Waals surface area contributed by atoms with Crippen molar-refractivity contribution in [1.29, 1.82) is 0 Å². The van der Waals surface area contributed by atoms with E-state index in [0.29, 0.717) is 11.3 Å². The summed E-state index contributed by atoms with van der Waals surface area (Å²) in [7, 11) is 0. The molecule has 0 spiro atoms. The summed E-state index contributed by atoms with van der Waals surface area (Å²) in [5.41, 5.74) is 2.00. The monoisotopic (exact) mass is 256 g/mol. The Kier molecular flexibility index (Phi) is 5.55. The highest BCUT2D eigenvalue weighted by molar-refractivity contribution is 5.99. The van der Waals surface area contributed by atoms with E-state index >= 15 is 0 Å². The van der Waals surface area contributed by atoms with Crippen molar-refractivity contribution in [2.45, 2.75) is 26.7 Å². The molecule has 0 saturated heterocycles. The molecule has 0 aromatic heterocycles. The van der Waals surface area contributed by atoms with Crippen LogP contribution in [0.5, 0.6) is 0 Å². The third-order valence-electron chi connectivity index (χ3n) is 2.40. The molecular weight excluding hydrogens is 238 g/mol. The number of aryl methyl sites for hydroxylation is 1. The number of benzene rings is 1. The van der Waals surface area contributed by atoms with Crippen LogP contribution in [0.15, 0.2) is 18.2 Å². The minimum Gasteiger partial charge on any atom is -0.384 e. The van der Waals surface area contributed by atoms with Gasteiger partial charge in [-0.2, -0.15) is 0 Å². The molecule has 0 aliphatic heterocycles. The smallest absolute Gasteiger partial charge is 0.255 e. The Bertz CT molecular complexity index is 408. The first kappa shape index (κ1) is 14.4. The van der Waals surface area contributed by atoms with Crippen LogP contribution in [-0.2, 0) is 0 Å². The van der Waals surface area contributed by atoms with E-state index in [1.807, 2.05) is 19.9 Å². The van der Waals surface area contributed by atoms with Gasteiger partial charge >= 0.3 is 0 Å². The normalized spacial score (nSPS) is 10.5. The maximum atomic E-state index is 12.1. The number of carbonyl (C=O) groups is 1. The third-order valence-corrected chi connectivity index (χ3v) is 2.40. The Morgan fingerprint density at radius 2 is 2.11 bits per heavy atom. The fourth-order valence-corrected chi connectivity index (χ4v) is 1.52. The van der Waals surface area contributed by atoms with Gasteiger partial charge in [0.05, 0.1) is 12.1 Å². The summed E-state index contributed by atoms with van der Waals surface area (Å²) in [6, 6.07) is 5.36. The van der Waals surface area contributed by atoms with Gasteiger partial charge in [-0.1, -0.05) is 18.6 Å². The van der Waals surface area contributed by atoms with E-state index in [4.69, 9.17) is 0 Å². The van der Waals surface area contributed by atoms with Gasteiger partial charge < -0.3 is 10.6 Å². The Morgan fingerprint density at radius 1 is 1.39 bits per heavy atom. The molecule has 0 atom stereocenters. The van der Waals surface area contributed by atoms with Crippen LogP contribution in [0.3, 0.4) is 0 Å². The molecule has 2 N–H and O–H groups in total. The highest BCUT2D eigenvalue weighted by Gasteiger charge is 2.13. The molecule has 3 nitrogen and oxygen atoms in total. The number of carbonyl (C=O) groups excluding carboxylic acids is 1. The van der Waals surface area contributed by atoms with Crippen molar-refractivity contribution < 1.29 is 13.6 Å². The highest BCUT2D eigenvalue weighted by Crippen LogP contribution is 2.17. The molecule has 0 unspecified atom stereocenters. The second-order valence-electron chi connectivity index (χ2n) is 4.08. The molecule has 0 fully saturated rings. The summed E-state index contributed by atoms with van der Waals surface area (Å²) in [6.07, 6.45) is -1.61. The average Bonchev–Trinajstić information content (AvgIpc) is 2.34. The van der Waals surface area contributed by atoms with Crippen LogP contribution in [0.1, 0.15) is 29.3 Å². The molecule has 0 saturated carbocycles. The van der Waals surface area contributed by atoms with Crippen LogP contribution < -0.4 is 10.6 Å². The summed E-state index contributed by atoms with van der Waals surface area (Å²) >= 11 is 0. The summed E-state index contributed by atoms with van der Waals surface area (Å²) in [5.74, 6) is -0.474. The lowest BCUT2D eigenvalue weighted by Crippen LogP contribution is -2.29. The van der Waals surface area contributed by atoms with Crippen LogP contribution in [0.2, 0.25) is 0 Å². The minimum absolute atomic E-state index is 0.407.